The molecule has 0 aliphatic carbocycles. The molecule has 0 aromatic rings. The summed E-state index contributed by atoms with van der Waals surface area (Å²) in [7, 11) is 3.70. The number of nitrogens with zero attached hydrogens (tertiary/aromatic N) is 1. The minimum atomic E-state index is -0.576. The molecular formula is C11H17NO3. The van der Waals surface area contributed by atoms with E-state index in [9.17, 15) is 9.59 Å². The molecule has 0 N–H and O–H groups in total. The van der Waals surface area contributed by atoms with Crippen molar-refractivity contribution >= 4 is 11.8 Å². The maximum atomic E-state index is 11.3. The molecule has 0 saturated heterocycles. The lowest BCUT2D eigenvalue weighted by Gasteiger charge is -2.03. The van der Waals surface area contributed by atoms with Crippen molar-refractivity contribution in [3.8, 4) is 0 Å². The number of Topliss-reactive ketones (excluding diaryl/α,β-unsaturated/α-hetero) is 1. The van der Waals surface area contributed by atoms with E-state index in [-0.39, 0.29) is 18.0 Å². The van der Waals surface area contributed by atoms with E-state index in [1.807, 2.05) is 14.1 Å². The molecule has 4 heteroatoms. The Morgan fingerprint density at radius 2 is 1.93 bits per heavy atom. The van der Waals surface area contributed by atoms with Crippen LogP contribution in [0.25, 0.3) is 0 Å². The highest BCUT2D eigenvalue weighted by molar-refractivity contribution is 6.16. The van der Waals surface area contributed by atoms with Gasteiger partial charge >= 0.3 is 5.97 Å². The zero-order chi connectivity index (χ0) is 11.8. The molecule has 0 radical (unpaired) electrons. The number of rotatable bonds is 5. The average Bonchev–Trinajstić information content (AvgIpc) is 2.11. The molecule has 84 valence electrons. The van der Waals surface area contributed by atoms with Gasteiger partial charge in [0.25, 0.3) is 0 Å². The zero-order valence-corrected chi connectivity index (χ0v) is 9.61. The molecule has 15 heavy (non-hydrogen) atoms. The largest absolute Gasteiger partial charge is 0.462 e. The molecule has 0 unspecified atom stereocenters. The molecule has 0 aliphatic heterocycles. The highest BCUT2D eigenvalue weighted by Gasteiger charge is 2.13. The monoisotopic (exact) mass is 211 g/mol. The number of esters is 1. The Hall–Kier alpha value is -1.58. The first-order valence-electron chi connectivity index (χ1n) is 4.72. The van der Waals surface area contributed by atoms with Gasteiger partial charge in [-0.05, 0) is 32.2 Å². The summed E-state index contributed by atoms with van der Waals surface area (Å²) in [6, 6.07) is 0. The molecule has 0 fully saturated rings. The second kappa shape index (κ2) is 6.81. The second-order valence-corrected chi connectivity index (χ2v) is 3.16. The normalized spacial score (nSPS) is 11.6. The highest BCUT2D eigenvalue weighted by Crippen LogP contribution is 2.01. The summed E-state index contributed by atoms with van der Waals surface area (Å²) in [5, 5.41) is 0. The van der Waals surface area contributed by atoms with Gasteiger partial charge in [-0.3, -0.25) is 4.79 Å². The number of allylic oxidation sites excluding steroid dienone is 2. The Morgan fingerprint density at radius 1 is 1.33 bits per heavy atom. The molecule has 0 saturated carbocycles. The van der Waals surface area contributed by atoms with Crippen LogP contribution in [0.2, 0.25) is 0 Å². The van der Waals surface area contributed by atoms with E-state index in [1.54, 1.807) is 24.1 Å². The number of ether oxygens (including phenoxy) is 1. The topological polar surface area (TPSA) is 46.6 Å². The third-order valence-corrected chi connectivity index (χ3v) is 1.52. The number of ketones is 1. The minimum absolute atomic E-state index is 0.0648. The molecule has 0 atom stereocenters. The Balaban J connectivity index is 4.66. The fourth-order valence-corrected chi connectivity index (χ4v) is 0.849. The van der Waals surface area contributed by atoms with E-state index in [0.29, 0.717) is 0 Å². The van der Waals surface area contributed by atoms with Gasteiger partial charge in [0.1, 0.15) is 5.57 Å². The quantitative estimate of drug-likeness (QED) is 0.225. The lowest BCUT2D eigenvalue weighted by molar-refractivity contribution is -0.139. The van der Waals surface area contributed by atoms with Crippen molar-refractivity contribution < 1.29 is 14.3 Å². The summed E-state index contributed by atoms with van der Waals surface area (Å²) in [5.41, 5.74) is 0.0648. The predicted molar refractivity (Wildman–Crippen MR) is 58.2 cm³/mol. The molecule has 0 rings (SSSR count). The standard InChI is InChI=1S/C11H17NO3/c1-5-15-11(14)10(9(2)13)7-6-8-12(3)4/h6-8H,5H2,1-4H3/b8-6+,10-7+. The van der Waals surface area contributed by atoms with Gasteiger partial charge in [-0.15, -0.1) is 0 Å². The fourth-order valence-electron chi connectivity index (χ4n) is 0.849. The molecule has 0 amide bonds. The summed E-state index contributed by atoms with van der Waals surface area (Å²) in [4.78, 5) is 24.2. The van der Waals surface area contributed by atoms with Gasteiger partial charge in [0.2, 0.25) is 0 Å². The SMILES string of the molecule is CCOC(=O)/C(=C/C=C/N(C)C)C(C)=O. The van der Waals surface area contributed by atoms with Crippen molar-refractivity contribution in [2.45, 2.75) is 13.8 Å². The first-order chi connectivity index (χ1) is 6.99. The lowest BCUT2D eigenvalue weighted by Crippen LogP contribution is -2.13. The fraction of sp³-hybridized carbons (Fsp3) is 0.455. The van der Waals surface area contributed by atoms with Crippen LogP contribution in [0.3, 0.4) is 0 Å². The summed E-state index contributed by atoms with van der Waals surface area (Å²) < 4.78 is 4.75. The molecule has 0 spiro atoms. The first-order valence-corrected chi connectivity index (χ1v) is 4.72. The Bertz CT molecular complexity index is 290. The van der Waals surface area contributed by atoms with Crippen LogP contribution in [-0.2, 0) is 14.3 Å². The van der Waals surface area contributed by atoms with Gasteiger partial charge in [0.05, 0.1) is 6.61 Å². The smallest absolute Gasteiger partial charge is 0.341 e. The van der Waals surface area contributed by atoms with E-state index < -0.39 is 5.97 Å². The molecule has 0 bridgehead atoms. The van der Waals surface area contributed by atoms with Crippen LogP contribution in [0.4, 0.5) is 0 Å². The number of carbonyl (C=O) groups is 2. The van der Waals surface area contributed by atoms with E-state index in [1.165, 1.54) is 13.0 Å². The maximum Gasteiger partial charge on any atom is 0.341 e. The van der Waals surface area contributed by atoms with Gasteiger partial charge in [-0.2, -0.15) is 0 Å². The van der Waals surface area contributed by atoms with Gasteiger partial charge in [0.15, 0.2) is 5.78 Å². The predicted octanol–water partition coefficient (Wildman–Crippen LogP) is 1.14. The van der Waals surface area contributed by atoms with Crippen molar-refractivity contribution in [2.24, 2.45) is 0 Å². The summed E-state index contributed by atoms with van der Waals surface area (Å²) >= 11 is 0. The van der Waals surface area contributed by atoms with Gasteiger partial charge in [-0.1, -0.05) is 0 Å². The van der Waals surface area contributed by atoms with Crippen LogP contribution < -0.4 is 0 Å². The minimum Gasteiger partial charge on any atom is -0.462 e. The third-order valence-electron chi connectivity index (χ3n) is 1.52. The Morgan fingerprint density at radius 3 is 2.33 bits per heavy atom. The number of hydrogen-bond acceptors (Lipinski definition) is 4. The summed E-state index contributed by atoms with van der Waals surface area (Å²) in [5.74, 6) is -0.870. The number of hydrogen-bond donors (Lipinski definition) is 0. The molecule has 0 heterocycles. The molecule has 0 aliphatic rings. The van der Waals surface area contributed by atoms with Crippen LogP contribution >= 0.6 is 0 Å². The molecule has 4 nitrogen and oxygen atoms in total. The van der Waals surface area contributed by atoms with E-state index in [2.05, 4.69) is 0 Å². The van der Waals surface area contributed by atoms with Gasteiger partial charge in [0, 0.05) is 14.1 Å². The van der Waals surface area contributed by atoms with Crippen LogP contribution in [0.5, 0.6) is 0 Å². The van der Waals surface area contributed by atoms with Crippen LogP contribution in [0.15, 0.2) is 23.9 Å². The van der Waals surface area contributed by atoms with E-state index in [4.69, 9.17) is 4.74 Å². The summed E-state index contributed by atoms with van der Waals surface area (Å²) in [6.07, 6.45) is 4.83. The third kappa shape index (κ3) is 5.67. The van der Waals surface area contributed by atoms with Gasteiger partial charge in [-0.25, -0.2) is 4.79 Å². The lowest BCUT2D eigenvalue weighted by atomic mass is 10.2. The Labute approximate surface area is 90.2 Å². The first kappa shape index (κ1) is 13.4. The average molecular weight is 211 g/mol. The summed E-state index contributed by atoms with van der Waals surface area (Å²) in [6.45, 7) is 3.30. The zero-order valence-electron chi connectivity index (χ0n) is 9.61. The van der Waals surface area contributed by atoms with Crippen molar-refractivity contribution in [1.82, 2.24) is 4.90 Å². The second-order valence-electron chi connectivity index (χ2n) is 3.16. The van der Waals surface area contributed by atoms with E-state index >= 15 is 0 Å². The van der Waals surface area contributed by atoms with Crippen LogP contribution in [0.1, 0.15) is 13.8 Å². The van der Waals surface area contributed by atoms with E-state index in [0.717, 1.165) is 0 Å². The molecular weight excluding hydrogens is 194 g/mol. The van der Waals surface area contributed by atoms with Crippen molar-refractivity contribution in [3.63, 3.8) is 0 Å². The van der Waals surface area contributed by atoms with Crippen molar-refractivity contribution in [2.75, 3.05) is 20.7 Å². The number of carbonyl (C=O) groups excluding carboxylic acids is 2. The van der Waals surface area contributed by atoms with Crippen LogP contribution in [-0.4, -0.2) is 37.4 Å². The highest BCUT2D eigenvalue weighted by atomic mass is 16.5. The molecule has 0 aromatic heterocycles. The van der Waals surface area contributed by atoms with Crippen molar-refractivity contribution in [1.29, 1.82) is 0 Å². The maximum absolute atomic E-state index is 11.3. The Kier molecular flexibility index (Phi) is 6.09. The van der Waals surface area contributed by atoms with Crippen molar-refractivity contribution in [3.05, 3.63) is 23.9 Å². The van der Waals surface area contributed by atoms with Crippen LogP contribution in [0, 0.1) is 0 Å². The van der Waals surface area contributed by atoms with Gasteiger partial charge < -0.3 is 9.64 Å². The molecule has 0 aromatic carbocycles.